The lowest BCUT2D eigenvalue weighted by molar-refractivity contribution is 0.868. The summed E-state index contributed by atoms with van der Waals surface area (Å²) in [5.41, 5.74) is 10.1. The Morgan fingerprint density at radius 3 is 2.24 bits per heavy atom. The summed E-state index contributed by atoms with van der Waals surface area (Å²) in [5, 5.41) is 2.39. The number of halogens is 2. The van der Waals surface area contributed by atoms with Crippen LogP contribution in [0.2, 0.25) is 0 Å². The van der Waals surface area contributed by atoms with Crippen LogP contribution in [0.4, 0.5) is 0 Å². The molecule has 0 bridgehead atoms. The van der Waals surface area contributed by atoms with E-state index < -0.39 is 0 Å². The molecule has 3 heteroatoms. The molecule has 0 heterocycles. The van der Waals surface area contributed by atoms with Crippen LogP contribution < -0.4 is 5.73 Å². The molecule has 0 aliphatic rings. The van der Waals surface area contributed by atoms with Crippen molar-refractivity contribution in [3.63, 3.8) is 0 Å². The van der Waals surface area contributed by atoms with Gasteiger partial charge in [0.15, 0.2) is 0 Å². The molecular formula is C18H15Br2N. The third-order valence-electron chi connectivity index (χ3n) is 3.88. The van der Waals surface area contributed by atoms with Crippen molar-refractivity contribution < 1.29 is 0 Å². The predicted octanol–water partition coefficient (Wildman–Crippen LogP) is 5.72. The highest BCUT2D eigenvalue weighted by molar-refractivity contribution is 9.11. The van der Waals surface area contributed by atoms with Crippen molar-refractivity contribution >= 4 is 42.6 Å². The molecule has 0 spiro atoms. The van der Waals surface area contributed by atoms with Gasteiger partial charge in [0.25, 0.3) is 0 Å². The second-order valence-electron chi connectivity index (χ2n) is 5.11. The first-order valence-electron chi connectivity index (χ1n) is 6.77. The monoisotopic (exact) mass is 403 g/mol. The first-order chi connectivity index (χ1) is 10.1. The first kappa shape index (κ1) is 14.8. The van der Waals surface area contributed by atoms with E-state index in [-0.39, 0.29) is 6.04 Å². The first-order valence-corrected chi connectivity index (χ1v) is 8.36. The van der Waals surface area contributed by atoms with Crippen LogP contribution in [0.15, 0.2) is 63.5 Å². The quantitative estimate of drug-likeness (QED) is 0.580. The van der Waals surface area contributed by atoms with Crippen molar-refractivity contribution in [3.8, 4) is 0 Å². The molecule has 0 radical (unpaired) electrons. The molecule has 0 fully saturated rings. The van der Waals surface area contributed by atoms with Crippen molar-refractivity contribution in [1.29, 1.82) is 0 Å². The summed E-state index contributed by atoms with van der Waals surface area (Å²) in [4.78, 5) is 0. The highest BCUT2D eigenvalue weighted by atomic mass is 79.9. The lowest BCUT2D eigenvalue weighted by Crippen LogP contribution is -2.14. The van der Waals surface area contributed by atoms with Crippen LogP contribution in [0.3, 0.4) is 0 Å². The third-order valence-corrected chi connectivity index (χ3v) is 5.43. The standard InChI is InChI=1S/C18H15Br2N/c1-11-12(7-4-8-16(11)19)18(21)15-9-10-17(20)14-6-3-2-5-13(14)15/h2-10,18H,21H2,1H3. The summed E-state index contributed by atoms with van der Waals surface area (Å²) >= 11 is 7.20. The smallest absolute Gasteiger partial charge is 0.0560 e. The molecule has 1 nitrogen and oxygen atoms in total. The lowest BCUT2D eigenvalue weighted by Gasteiger charge is -2.18. The Morgan fingerprint density at radius 2 is 1.48 bits per heavy atom. The molecule has 1 unspecified atom stereocenters. The molecular weight excluding hydrogens is 390 g/mol. The Bertz CT molecular complexity index is 811. The summed E-state index contributed by atoms with van der Waals surface area (Å²) in [7, 11) is 0. The molecule has 0 aliphatic carbocycles. The zero-order valence-electron chi connectivity index (χ0n) is 11.6. The zero-order valence-corrected chi connectivity index (χ0v) is 14.8. The van der Waals surface area contributed by atoms with Crippen LogP contribution in [0.5, 0.6) is 0 Å². The SMILES string of the molecule is Cc1c(Br)cccc1C(N)c1ccc(Br)c2ccccc12. The van der Waals surface area contributed by atoms with Crippen LogP contribution in [-0.4, -0.2) is 0 Å². The van der Waals surface area contributed by atoms with Crippen LogP contribution >= 0.6 is 31.9 Å². The van der Waals surface area contributed by atoms with Gasteiger partial charge in [-0.3, -0.25) is 0 Å². The van der Waals surface area contributed by atoms with Crippen molar-refractivity contribution in [2.24, 2.45) is 5.73 Å². The topological polar surface area (TPSA) is 26.0 Å². The minimum atomic E-state index is -0.138. The van der Waals surface area contributed by atoms with Crippen LogP contribution in [0.1, 0.15) is 22.7 Å². The molecule has 3 rings (SSSR count). The van der Waals surface area contributed by atoms with E-state index in [2.05, 4.69) is 75.2 Å². The zero-order chi connectivity index (χ0) is 15.0. The maximum atomic E-state index is 6.57. The third kappa shape index (κ3) is 2.66. The number of fused-ring (bicyclic) bond motifs is 1. The number of rotatable bonds is 2. The molecule has 106 valence electrons. The van der Waals surface area contributed by atoms with Crippen molar-refractivity contribution in [1.82, 2.24) is 0 Å². The lowest BCUT2D eigenvalue weighted by atomic mass is 9.92. The maximum Gasteiger partial charge on any atom is 0.0560 e. The van der Waals surface area contributed by atoms with Gasteiger partial charge in [0.2, 0.25) is 0 Å². The largest absolute Gasteiger partial charge is 0.320 e. The fourth-order valence-corrected chi connectivity index (χ4v) is 3.54. The van der Waals surface area contributed by atoms with Crippen LogP contribution in [-0.2, 0) is 0 Å². The fourth-order valence-electron chi connectivity index (χ4n) is 2.69. The minimum Gasteiger partial charge on any atom is -0.320 e. The normalized spacial score (nSPS) is 12.6. The molecule has 21 heavy (non-hydrogen) atoms. The number of hydrogen-bond donors (Lipinski definition) is 1. The van der Waals surface area contributed by atoms with Crippen molar-refractivity contribution in [2.45, 2.75) is 13.0 Å². The van der Waals surface area contributed by atoms with Gasteiger partial charge in [0.05, 0.1) is 6.04 Å². The fraction of sp³-hybridized carbons (Fsp3) is 0.111. The van der Waals surface area contributed by atoms with E-state index in [0.29, 0.717) is 0 Å². The van der Waals surface area contributed by atoms with E-state index >= 15 is 0 Å². The van der Waals surface area contributed by atoms with Gasteiger partial charge in [-0.1, -0.05) is 74.3 Å². The molecule has 0 amide bonds. The molecule has 1 atom stereocenters. The highest BCUT2D eigenvalue weighted by Crippen LogP contribution is 2.34. The average Bonchev–Trinajstić information content (AvgIpc) is 2.50. The molecule has 0 aliphatic heterocycles. The van der Waals surface area contributed by atoms with E-state index in [4.69, 9.17) is 5.73 Å². The van der Waals surface area contributed by atoms with E-state index in [1.54, 1.807) is 0 Å². The molecule has 0 saturated carbocycles. The van der Waals surface area contributed by atoms with E-state index in [9.17, 15) is 0 Å². The molecule has 2 N–H and O–H groups in total. The van der Waals surface area contributed by atoms with Crippen LogP contribution in [0, 0.1) is 6.92 Å². The highest BCUT2D eigenvalue weighted by Gasteiger charge is 2.16. The van der Waals surface area contributed by atoms with Crippen molar-refractivity contribution in [3.05, 3.63) is 80.2 Å². The number of hydrogen-bond acceptors (Lipinski definition) is 1. The van der Waals surface area contributed by atoms with Crippen LogP contribution in [0.25, 0.3) is 10.8 Å². The Kier molecular flexibility index (Phi) is 4.16. The average molecular weight is 405 g/mol. The number of benzene rings is 3. The minimum absolute atomic E-state index is 0.138. The van der Waals surface area contributed by atoms with Gasteiger partial charge < -0.3 is 5.73 Å². The summed E-state index contributed by atoms with van der Waals surface area (Å²) < 4.78 is 2.19. The number of nitrogens with two attached hydrogens (primary N) is 1. The Balaban J connectivity index is 2.21. The van der Waals surface area contributed by atoms with Gasteiger partial charge in [-0.25, -0.2) is 0 Å². The van der Waals surface area contributed by atoms with E-state index in [1.807, 2.05) is 18.2 Å². The Morgan fingerprint density at radius 1 is 0.762 bits per heavy atom. The van der Waals surface area contributed by atoms with Gasteiger partial charge in [0.1, 0.15) is 0 Å². The van der Waals surface area contributed by atoms with E-state index in [0.717, 1.165) is 20.1 Å². The van der Waals surface area contributed by atoms with Gasteiger partial charge in [-0.05, 0) is 46.5 Å². The van der Waals surface area contributed by atoms with Gasteiger partial charge >= 0.3 is 0 Å². The molecule has 3 aromatic rings. The van der Waals surface area contributed by atoms with Gasteiger partial charge in [-0.15, -0.1) is 0 Å². The Hall–Kier alpha value is -1.16. The molecule has 0 aromatic heterocycles. The second kappa shape index (κ2) is 5.91. The maximum absolute atomic E-state index is 6.57. The summed E-state index contributed by atoms with van der Waals surface area (Å²) in [6.07, 6.45) is 0. The van der Waals surface area contributed by atoms with Gasteiger partial charge in [-0.2, -0.15) is 0 Å². The van der Waals surface area contributed by atoms with Gasteiger partial charge in [0, 0.05) is 8.95 Å². The summed E-state index contributed by atoms with van der Waals surface area (Å²) in [5.74, 6) is 0. The van der Waals surface area contributed by atoms with E-state index in [1.165, 1.54) is 16.3 Å². The predicted molar refractivity (Wildman–Crippen MR) is 96.6 cm³/mol. The molecule has 3 aromatic carbocycles. The summed E-state index contributed by atoms with van der Waals surface area (Å²) in [6.45, 7) is 2.10. The van der Waals surface area contributed by atoms with Crippen molar-refractivity contribution in [2.75, 3.05) is 0 Å². The Labute approximate surface area is 141 Å². The second-order valence-corrected chi connectivity index (χ2v) is 6.82. The summed E-state index contributed by atoms with van der Waals surface area (Å²) in [6, 6.07) is 18.6. The molecule has 0 saturated heterocycles.